The Morgan fingerprint density at radius 2 is 1.95 bits per heavy atom. The second kappa shape index (κ2) is 5.24. The van der Waals surface area contributed by atoms with Crippen molar-refractivity contribution < 1.29 is 22.7 Å². The topological polar surface area (TPSA) is 78.0 Å². The van der Waals surface area contributed by atoms with Crippen LogP contribution in [0, 0.1) is 10.1 Å². The van der Waals surface area contributed by atoms with Crippen molar-refractivity contribution in [3.8, 4) is 5.69 Å². The maximum atomic E-state index is 12.6. The minimum atomic E-state index is -4.54. The number of aromatic nitrogens is 2. The molecule has 0 saturated heterocycles. The summed E-state index contributed by atoms with van der Waals surface area (Å²) in [5, 5.41) is 14.5. The van der Waals surface area contributed by atoms with Gasteiger partial charge < -0.3 is 4.57 Å². The Hall–Kier alpha value is -2.15. The van der Waals surface area contributed by atoms with Crippen LogP contribution in [0.2, 0.25) is 0 Å². The zero-order valence-corrected chi connectivity index (χ0v) is 12.4. The minimum absolute atomic E-state index is 0.0148. The fourth-order valence-corrected chi connectivity index (χ4v) is 3.00. The lowest BCUT2D eigenvalue weighted by Gasteiger charge is -2.10. The molecule has 0 amide bonds. The Kier molecular flexibility index (Phi) is 3.87. The number of alkyl halides is 3. The fraction of sp³-hybridized carbons (Fsp3) is 0.250. The van der Waals surface area contributed by atoms with E-state index in [0.29, 0.717) is 6.20 Å². The molecule has 6 nitrogen and oxygen atoms in total. The number of halogens is 3. The molecule has 0 fully saturated rings. The monoisotopic (exact) mass is 333 g/mol. The van der Waals surface area contributed by atoms with Gasteiger partial charge in [0.25, 0.3) is 5.69 Å². The molecule has 0 aliphatic carbocycles. The summed E-state index contributed by atoms with van der Waals surface area (Å²) < 4.78 is 50.8. The Balaban J connectivity index is 2.56. The standard InChI is InChI=1S/C12H11F3N3O3P/c1-22(2,21)11-5-9(3-4-10(11)18(19)20)17-7-8(6-16-17)12(13,14)15/h3-7H,1-2H3. The van der Waals surface area contributed by atoms with Crippen molar-refractivity contribution in [1.29, 1.82) is 0 Å². The van der Waals surface area contributed by atoms with Crippen molar-refractivity contribution in [1.82, 2.24) is 9.78 Å². The molecule has 1 aromatic carbocycles. The van der Waals surface area contributed by atoms with Crippen molar-refractivity contribution >= 4 is 18.1 Å². The first kappa shape index (κ1) is 16.2. The molecule has 1 heterocycles. The van der Waals surface area contributed by atoms with Gasteiger partial charge in [-0.15, -0.1) is 0 Å². The van der Waals surface area contributed by atoms with E-state index in [1.165, 1.54) is 25.5 Å². The van der Waals surface area contributed by atoms with Crippen LogP contribution in [-0.4, -0.2) is 28.0 Å². The number of rotatable bonds is 3. The average Bonchev–Trinajstić information content (AvgIpc) is 2.86. The zero-order valence-electron chi connectivity index (χ0n) is 11.5. The maximum Gasteiger partial charge on any atom is 0.419 e. The number of nitro groups is 1. The Morgan fingerprint density at radius 3 is 2.41 bits per heavy atom. The van der Waals surface area contributed by atoms with E-state index >= 15 is 0 Å². The molecule has 0 bridgehead atoms. The molecule has 0 radical (unpaired) electrons. The highest BCUT2D eigenvalue weighted by molar-refractivity contribution is 7.70. The van der Waals surface area contributed by atoms with Crippen LogP contribution in [0.15, 0.2) is 30.6 Å². The van der Waals surface area contributed by atoms with Gasteiger partial charge in [-0.1, -0.05) is 0 Å². The van der Waals surface area contributed by atoms with Crippen LogP contribution in [0.4, 0.5) is 18.9 Å². The lowest BCUT2D eigenvalue weighted by molar-refractivity contribution is -0.383. The third kappa shape index (κ3) is 3.19. The number of nitro benzene ring substituents is 1. The molecule has 2 rings (SSSR count). The van der Waals surface area contributed by atoms with Gasteiger partial charge in [0.1, 0.15) is 7.14 Å². The van der Waals surface area contributed by atoms with E-state index < -0.39 is 23.8 Å². The molecule has 0 saturated carbocycles. The molecule has 0 atom stereocenters. The van der Waals surface area contributed by atoms with Gasteiger partial charge in [-0.2, -0.15) is 18.3 Å². The van der Waals surface area contributed by atoms with Gasteiger partial charge in [0.15, 0.2) is 0 Å². The predicted octanol–water partition coefficient (Wildman–Crippen LogP) is 3.05. The van der Waals surface area contributed by atoms with E-state index in [4.69, 9.17) is 0 Å². The van der Waals surface area contributed by atoms with Crippen LogP contribution in [0.3, 0.4) is 0 Å². The van der Waals surface area contributed by atoms with Gasteiger partial charge in [0.2, 0.25) is 0 Å². The maximum absolute atomic E-state index is 12.6. The summed E-state index contributed by atoms with van der Waals surface area (Å²) in [5.74, 6) is 0. The fourth-order valence-electron chi connectivity index (χ4n) is 1.85. The van der Waals surface area contributed by atoms with E-state index in [-0.39, 0.29) is 16.7 Å². The van der Waals surface area contributed by atoms with Crippen molar-refractivity contribution in [2.75, 3.05) is 13.3 Å². The normalized spacial score (nSPS) is 12.4. The lowest BCUT2D eigenvalue weighted by Crippen LogP contribution is -2.12. The predicted molar refractivity (Wildman–Crippen MR) is 74.3 cm³/mol. The van der Waals surface area contributed by atoms with E-state index in [9.17, 15) is 27.9 Å². The van der Waals surface area contributed by atoms with E-state index in [0.717, 1.165) is 16.9 Å². The van der Waals surface area contributed by atoms with Gasteiger partial charge in [0.05, 0.1) is 27.7 Å². The highest BCUT2D eigenvalue weighted by Gasteiger charge is 2.32. The Morgan fingerprint density at radius 1 is 1.32 bits per heavy atom. The Bertz CT molecular complexity index is 779. The van der Waals surface area contributed by atoms with Crippen LogP contribution >= 0.6 is 7.14 Å². The smallest absolute Gasteiger partial charge is 0.319 e. The molecule has 118 valence electrons. The van der Waals surface area contributed by atoms with Crippen molar-refractivity contribution in [2.24, 2.45) is 0 Å². The zero-order chi connectivity index (χ0) is 16.7. The minimum Gasteiger partial charge on any atom is -0.319 e. The van der Waals surface area contributed by atoms with E-state index in [1.54, 1.807) is 0 Å². The van der Waals surface area contributed by atoms with Gasteiger partial charge in [-0.05, 0) is 25.5 Å². The number of hydrogen-bond donors (Lipinski definition) is 0. The second-order valence-corrected chi connectivity index (χ2v) is 8.14. The van der Waals surface area contributed by atoms with E-state index in [1.807, 2.05) is 0 Å². The molecule has 1 aromatic heterocycles. The Labute approximate surface area is 123 Å². The summed E-state index contributed by atoms with van der Waals surface area (Å²) in [6.45, 7) is 2.70. The molecule has 10 heteroatoms. The second-order valence-electron chi connectivity index (χ2n) is 4.95. The molecular weight excluding hydrogens is 322 g/mol. The number of hydrogen-bond acceptors (Lipinski definition) is 4. The van der Waals surface area contributed by atoms with Crippen LogP contribution in [-0.2, 0) is 10.7 Å². The van der Waals surface area contributed by atoms with Crippen molar-refractivity contribution in [3.05, 3.63) is 46.3 Å². The van der Waals surface area contributed by atoms with Crippen LogP contribution in [0.25, 0.3) is 5.69 Å². The van der Waals surface area contributed by atoms with Gasteiger partial charge in [0, 0.05) is 12.3 Å². The summed E-state index contributed by atoms with van der Waals surface area (Å²) >= 11 is 0. The molecule has 22 heavy (non-hydrogen) atoms. The number of benzene rings is 1. The highest BCUT2D eigenvalue weighted by Crippen LogP contribution is 2.39. The summed E-state index contributed by atoms with van der Waals surface area (Å²) in [6.07, 6.45) is -3.12. The largest absolute Gasteiger partial charge is 0.419 e. The molecule has 0 aliphatic heterocycles. The molecular formula is C12H11F3N3O3P. The first-order valence-corrected chi connectivity index (χ1v) is 8.56. The molecule has 0 unspecified atom stereocenters. The first-order valence-electron chi connectivity index (χ1n) is 5.96. The van der Waals surface area contributed by atoms with Crippen molar-refractivity contribution in [3.63, 3.8) is 0 Å². The third-order valence-electron chi connectivity index (χ3n) is 2.91. The molecule has 0 aliphatic rings. The number of nitrogens with zero attached hydrogens (tertiary/aromatic N) is 3. The summed E-state index contributed by atoms with van der Waals surface area (Å²) in [5.41, 5.74) is -1.11. The van der Waals surface area contributed by atoms with Crippen LogP contribution in [0.5, 0.6) is 0 Å². The van der Waals surface area contributed by atoms with Crippen LogP contribution < -0.4 is 5.30 Å². The van der Waals surface area contributed by atoms with Gasteiger partial charge in [-0.3, -0.25) is 10.1 Å². The first-order chi connectivity index (χ1) is 10.00. The quantitative estimate of drug-likeness (QED) is 0.491. The molecule has 2 aromatic rings. The van der Waals surface area contributed by atoms with E-state index in [2.05, 4.69) is 5.10 Å². The van der Waals surface area contributed by atoms with Crippen LogP contribution in [0.1, 0.15) is 5.56 Å². The average molecular weight is 333 g/mol. The van der Waals surface area contributed by atoms with Gasteiger partial charge in [-0.25, -0.2) is 4.68 Å². The van der Waals surface area contributed by atoms with Crippen molar-refractivity contribution in [2.45, 2.75) is 6.18 Å². The summed E-state index contributed by atoms with van der Waals surface area (Å²) in [7, 11) is -2.99. The summed E-state index contributed by atoms with van der Waals surface area (Å²) in [4.78, 5) is 10.3. The molecule has 0 spiro atoms. The SMILES string of the molecule is CP(C)(=O)c1cc(-n2cc(C(F)(F)F)cn2)ccc1[N+](=O)[O-]. The molecule has 0 N–H and O–H groups in total. The lowest BCUT2D eigenvalue weighted by atomic mass is 10.3. The highest BCUT2D eigenvalue weighted by atomic mass is 31.2. The van der Waals surface area contributed by atoms with Gasteiger partial charge >= 0.3 is 6.18 Å². The third-order valence-corrected chi connectivity index (χ3v) is 4.43. The summed E-state index contributed by atoms with van der Waals surface area (Å²) in [6, 6.07) is 3.59.